The van der Waals surface area contributed by atoms with E-state index < -0.39 is 0 Å². The van der Waals surface area contributed by atoms with Gasteiger partial charge in [0.15, 0.2) is 5.13 Å². The van der Waals surface area contributed by atoms with E-state index in [4.69, 9.17) is 16.3 Å². The fourth-order valence-electron chi connectivity index (χ4n) is 5.10. The number of benzene rings is 1. The number of nitrogens with one attached hydrogen (secondary N) is 3. The van der Waals surface area contributed by atoms with Crippen molar-refractivity contribution in [2.45, 2.75) is 45.6 Å². The predicted molar refractivity (Wildman–Crippen MR) is 166 cm³/mol. The Bertz CT molecular complexity index is 1370. The average molecular weight is 613 g/mol. The molecule has 0 unspecified atom stereocenters. The number of hydrogen-bond donors (Lipinski definition) is 3. The summed E-state index contributed by atoms with van der Waals surface area (Å²) < 4.78 is 5.57. The van der Waals surface area contributed by atoms with Gasteiger partial charge in [-0.1, -0.05) is 47.9 Å². The molecule has 3 N–H and O–H groups in total. The fourth-order valence-corrected chi connectivity index (χ4v) is 6.08. The van der Waals surface area contributed by atoms with Crippen molar-refractivity contribution in [3.8, 4) is 0 Å². The zero-order valence-electron chi connectivity index (χ0n) is 24.0. The maximum atomic E-state index is 12.8. The molecule has 1 amide bonds. The molecule has 2 fully saturated rings. The Hall–Kier alpha value is -3.32. The molecule has 2 saturated heterocycles. The maximum absolute atomic E-state index is 12.8. The smallest absolute Gasteiger partial charge is 0.323 e. The third kappa shape index (κ3) is 7.94. The molecule has 13 heteroatoms. The number of ether oxygens (including phenoxy) is 1. The van der Waals surface area contributed by atoms with Crippen LogP contribution in [0.1, 0.15) is 46.7 Å². The molecular weight excluding hydrogens is 576 g/mol. The number of aryl methyl sites for hydroxylation is 2. The summed E-state index contributed by atoms with van der Waals surface area (Å²) in [5, 5.41) is 10.4. The van der Waals surface area contributed by atoms with Crippen molar-refractivity contribution < 1.29 is 14.3 Å². The van der Waals surface area contributed by atoms with Crippen LogP contribution >= 0.6 is 22.9 Å². The number of para-hydroxylation sites is 1. The van der Waals surface area contributed by atoms with Crippen LogP contribution in [0.15, 0.2) is 30.5 Å². The van der Waals surface area contributed by atoms with Crippen LogP contribution in [-0.4, -0.2) is 83.6 Å². The van der Waals surface area contributed by atoms with E-state index in [1.54, 1.807) is 6.07 Å². The number of halogens is 1. The summed E-state index contributed by atoms with van der Waals surface area (Å²) in [6.45, 7) is 9.06. The Morgan fingerprint density at radius 3 is 2.79 bits per heavy atom. The first kappa shape index (κ1) is 30.1. The lowest BCUT2D eigenvalue weighted by atomic mass is 10.1. The number of aromatic nitrogens is 3. The number of amides is 1. The molecular formula is C29H37ClN8O3S. The minimum Gasteiger partial charge on any atom is -0.463 e. The molecule has 1 atom stereocenters. The molecule has 42 heavy (non-hydrogen) atoms. The SMILES string of the molecule is Cc1nc(Nc2ncc(C(=O)Nc3c(C)cccc3Cl)s2)cc(N2CCN(CCOC(=O)[C@@H]3CCCCCN3)CC2)n1. The first-order chi connectivity index (χ1) is 20.4. The summed E-state index contributed by atoms with van der Waals surface area (Å²) in [6, 6.07) is 7.21. The van der Waals surface area contributed by atoms with Gasteiger partial charge in [-0.05, 0) is 44.9 Å². The van der Waals surface area contributed by atoms with Gasteiger partial charge in [-0.15, -0.1) is 0 Å². The third-order valence-electron chi connectivity index (χ3n) is 7.44. The second-order valence-electron chi connectivity index (χ2n) is 10.6. The molecule has 2 aliphatic rings. The first-order valence-electron chi connectivity index (χ1n) is 14.4. The normalized spacial score (nSPS) is 17.9. The van der Waals surface area contributed by atoms with E-state index >= 15 is 0 Å². The van der Waals surface area contributed by atoms with Crippen molar-refractivity contribution in [3.05, 3.63) is 51.7 Å². The number of anilines is 4. The molecule has 0 radical (unpaired) electrons. The quantitative estimate of drug-likeness (QED) is 0.300. The Labute approximate surface area is 255 Å². The highest BCUT2D eigenvalue weighted by molar-refractivity contribution is 7.17. The zero-order valence-corrected chi connectivity index (χ0v) is 25.6. The molecule has 224 valence electrons. The second-order valence-corrected chi connectivity index (χ2v) is 12.0. The fraction of sp³-hybridized carbons (Fsp3) is 0.483. The van der Waals surface area contributed by atoms with Crippen molar-refractivity contribution in [3.63, 3.8) is 0 Å². The molecule has 0 aliphatic carbocycles. The molecule has 2 aromatic heterocycles. The number of esters is 1. The molecule has 11 nitrogen and oxygen atoms in total. The van der Waals surface area contributed by atoms with Crippen LogP contribution in [0.25, 0.3) is 0 Å². The van der Waals surface area contributed by atoms with Crippen molar-refractivity contribution in [1.29, 1.82) is 0 Å². The Morgan fingerprint density at radius 1 is 1.14 bits per heavy atom. The van der Waals surface area contributed by atoms with Crippen molar-refractivity contribution in [2.75, 3.05) is 61.4 Å². The molecule has 4 heterocycles. The van der Waals surface area contributed by atoms with Crippen molar-refractivity contribution >= 4 is 57.3 Å². The van der Waals surface area contributed by atoms with E-state index in [9.17, 15) is 9.59 Å². The summed E-state index contributed by atoms with van der Waals surface area (Å²) in [5.41, 5.74) is 1.48. The summed E-state index contributed by atoms with van der Waals surface area (Å²) in [5.74, 6) is 1.68. The van der Waals surface area contributed by atoms with Crippen molar-refractivity contribution in [1.82, 2.24) is 25.2 Å². The van der Waals surface area contributed by atoms with E-state index in [1.165, 1.54) is 24.0 Å². The Kier molecular flexibility index (Phi) is 10.2. The summed E-state index contributed by atoms with van der Waals surface area (Å²) >= 11 is 7.50. The number of hydrogen-bond acceptors (Lipinski definition) is 11. The number of nitrogens with zero attached hydrogens (tertiary/aromatic N) is 5. The number of thiazole rings is 1. The molecule has 0 spiro atoms. The lowest BCUT2D eigenvalue weighted by Gasteiger charge is -2.35. The van der Waals surface area contributed by atoms with Gasteiger partial charge in [0.1, 0.15) is 35.0 Å². The van der Waals surface area contributed by atoms with E-state index in [1.807, 2.05) is 32.0 Å². The van der Waals surface area contributed by atoms with E-state index in [-0.39, 0.29) is 17.9 Å². The van der Waals surface area contributed by atoms with Gasteiger partial charge in [0.25, 0.3) is 5.91 Å². The van der Waals surface area contributed by atoms with Gasteiger partial charge in [-0.3, -0.25) is 14.5 Å². The van der Waals surface area contributed by atoms with Crippen LogP contribution in [-0.2, 0) is 9.53 Å². The van der Waals surface area contributed by atoms with Gasteiger partial charge >= 0.3 is 5.97 Å². The van der Waals surface area contributed by atoms with Gasteiger partial charge in [-0.25, -0.2) is 15.0 Å². The molecule has 3 aromatic rings. The summed E-state index contributed by atoms with van der Waals surface area (Å²) in [6.07, 6.45) is 5.75. The van der Waals surface area contributed by atoms with Gasteiger partial charge in [-0.2, -0.15) is 0 Å². The Balaban J connectivity index is 1.11. The van der Waals surface area contributed by atoms with Gasteiger partial charge in [0.2, 0.25) is 0 Å². The van der Waals surface area contributed by atoms with Gasteiger partial charge in [0.05, 0.1) is 16.9 Å². The summed E-state index contributed by atoms with van der Waals surface area (Å²) in [4.78, 5) is 43.7. The highest BCUT2D eigenvalue weighted by Crippen LogP contribution is 2.28. The average Bonchev–Trinajstić information content (AvgIpc) is 3.26. The molecule has 0 bridgehead atoms. The Morgan fingerprint density at radius 2 is 1.98 bits per heavy atom. The number of carbonyl (C=O) groups is 2. The highest BCUT2D eigenvalue weighted by atomic mass is 35.5. The lowest BCUT2D eigenvalue weighted by molar-refractivity contribution is -0.146. The van der Waals surface area contributed by atoms with Crippen molar-refractivity contribution in [2.24, 2.45) is 0 Å². The van der Waals surface area contributed by atoms with Gasteiger partial charge in [0, 0.05) is 38.8 Å². The molecule has 1 aromatic carbocycles. The standard InChI is InChI=1S/C29H37ClN8O3S/c1-19-7-6-8-21(30)26(19)36-27(39)23-18-32-29(42-23)35-24-17-25(34-20(2)33-24)38-13-11-37(12-14-38)15-16-41-28(40)22-9-4-3-5-10-31-22/h6-8,17-18,22,31H,3-5,9-16H2,1-2H3,(H,36,39)(H,32,33,34,35)/t22-/m0/s1. The van der Waals surface area contributed by atoms with Crippen LogP contribution in [0, 0.1) is 13.8 Å². The molecule has 2 aliphatic heterocycles. The topological polar surface area (TPSA) is 125 Å². The number of carbonyl (C=O) groups excluding carboxylic acids is 2. The van der Waals surface area contributed by atoms with Crippen LogP contribution in [0.5, 0.6) is 0 Å². The van der Waals surface area contributed by atoms with Crippen LogP contribution in [0.4, 0.5) is 22.5 Å². The van der Waals surface area contributed by atoms with Gasteiger partial charge < -0.3 is 25.6 Å². The van der Waals surface area contributed by atoms with Crippen LogP contribution in [0.2, 0.25) is 5.02 Å². The van der Waals surface area contributed by atoms with E-state index in [2.05, 4.69) is 40.7 Å². The summed E-state index contributed by atoms with van der Waals surface area (Å²) in [7, 11) is 0. The minimum atomic E-state index is -0.273. The number of rotatable bonds is 9. The maximum Gasteiger partial charge on any atom is 0.323 e. The lowest BCUT2D eigenvalue weighted by Crippen LogP contribution is -2.48. The molecule has 0 saturated carbocycles. The molecule has 5 rings (SSSR count). The monoisotopic (exact) mass is 612 g/mol. The third-order valence-corrected chi connectivity index (χ3v) is 8.67. The second kappa shape index (κ2) is 14.2. The highest BCUT2D eigenvalue weighted by Gasteiger charge is 2.23. The minimum absolute atomic E-state index is 0.129. The van der Waals surface area contributed by atoms with Crippen LogP contribution in [0.3, 0.4) is 0 Å². The van der Waals surface area contributed by atoms with Crippen LogP contribution < -0.4 is 20.9 Å². The van der Waals surface area contributed by atoms with E-state index in [0.29, 0.717) is 39.0 Å². The predicted octanol–water partition coefficient (Wildman–Crippen LogP) is 4.40. The van der Waals surface area contributed by atoms with E-state index in [0.717, 1.165) is 69.9 Å². The first-order valence-corrected chi connectivity index (χ1v) is 15.6. The largest absolute Gasteiger partial charge is 0.463 e. The zero-order chi connectivity index (χ0) is 29.5. The number of piperazine rings is 1.